The summed E-state index contributed by atoms with van der Waals surface area (Å²) in [5, 5.41) is 0.461. The second kappa shape index (κ2) is 6.99. The third-order valence-electron chi connectivity index (χ3n) is 4.77. The summed E-state index contributed by atoms with van der Waals surface area (Å²) in [6, 6.07) is 3.56. The molecule has 0 bridgehead atoms. The highest BCUT2D eigenvalue weighted by Gasteiger charge is 2.24. The number of rotatable bonds is 3. The number of thiophene rings is 1. The van der Waals surface area contributed by atoms with Crippen molar-refractivity contribution in [3.8, 4) is 11.4 Å². The zero-order valence-electron chi connectivity index (χ0n) is 14.4. The minimum Gasteiger partial charge on any atom is -0.458 e. The molecule has 0 unspecified atom stereocenters. The fourth-order valence-electron chi connectivity index (χ4n) is 3.37. The number of ether oxygens (including phenoxy) is 1. The maximum Gasteiger partial charge on any atom is 0.348 e. The number of carbonyl (C=O) groups is 1. The summed E-state index contributed by atoms with van der Waals surface area (Å²) in [5.74, 6) is 0.126. The molecule has 3 aromatic heterocycles. The first-order valence-electron chi connectivity index (χ1n) is 8.78. The van der Waals surface area contributed by atoms with Crippen molar-refractivity contribution in [1.29, 1.82) is 0 Å². The van der Waals surface area contributed by atoms with Crippen LogP contribution >= 0.6 is 11.3 Å². The van der Waals surface area contributed by atoms with Crippen molar-refractivity contribution >= 4 is 27.5 Å². The van der Waals surface area contributed by atoms with Gasteiger partial charge in [-0.2, -0.15) is 0 Å². The van der Waals surface area contributed by atoms with Crippen LogP contribution in [0.25, 0.3) is 21.6 Å². The first-order valence-corrected chi connectivity index (χ1v) is 9.60. The third-order valence-corrected chi connectivity index (χ3v) is 5.93. The summed E-state index contributed by atoms with van der Waals surface area (Å²) in [5.41, 5.74) is 1.17. The summed E-state index contributed by atoms with van der Waals surface area (Å²) in [4.78, 5) is 37.5. The van der Waals surface area contributed by atoms with E-state index in [9.17, 15) is 9.59 Å². The van der Waals surface area contributed by atoms with Crippen LogP contribution in [0.4, 0.5) is 0 Å². The molecule has 0 spiro atoms. The largest absolute Gasteiger partial charge is 0.458 e. The zero-order chi connectivity index (χ0) is 18.1. The SMILES string of the molecule is Cc1c(C(=O)OC2CCCCC2)sc2nc(-c3ccncc3)[nH]c(=O)c12. The Kier molecular flexibility index (Phi) is 4.55. The summed E-state index contributed by atoms with van der Waals surface area (Å²) < 4.78 is 5.67. The normalized spacial score (nSPS) is 15.3. The van der Waals surface area contributed by atoms with Gasteiger partial charge in [0.05, 0.1) is 5.39 Å². The minimum atomic E-state index is -0.345. The van der Waals surface area contributed by atoms with Crippen LogP contribution in [0.2, 0.25) is 0 Å². The molecule has 0 aromatic carbocycles. The van der Waals surface area contributed by atoms with Gasteiger partial charge in [0.2, 0.25) is 0 Å². The average Bonchev–Trinajstić information content (AvgIpc) is 3.00. The number of fused-ring (bicyclic) bond motifs is 1. The van der Waals surface area contributed by atoms with Crippen LogP contribution in [0.3, 0.4) is 0 Å². The molecule has 0 radical (unpaired) electrons. The van der Waals surface area contributed by atoms with Gasteiger partial charge in [0, 0.05) is 18.0 Å². The van der Waals surface area contributed by atoms with E-state index >= 15 is 0 Å². The Morgan fingerprint density at radius 1 is 1.23 bits per heavy atom. The molecule has 1 aliphatic carbocycles. The molecule has 1 N–H and O–H groups in total. The van der Waals surface area contributed by atoms with Gasteiger partial charge in [0.15, 0.2) is 0 Å². The standard InChI is InChI=1S/C19H19N3O3S/c1-11-14-17(23)21-16(12-7-9-20-10-8-12)22-18(14)26-15(11)19(24)25-13-5-3-2-4-6-13/h7-10,13H,2-6H2,1H3,(H,21,22,23). The smallest absolute Gasteiger partial charge is 0.348 e. The van der Waals surface area contributed by atoms with Gasteiger partial charge in [0.25, 0.3) is 5.56 Å². The lowest BCUT2D eigenvalue weighted by Gasteiger charge is -2.21. The van der Waals surface area contributed by atoms with Crippen molar-refractivity contribution in [3.63, 3.8) is 0 Å². The van der Waals surface area contributed by atoms with Crippen molar-refractivity contribution in [3.05, 3.63) is 45.3 Å². The van der Waals surface area contributed by atoms with E-state index in [4.69, 9.17) is 4.74 Å². The number of hydrogen-bond donors (Lipinski definition) is 1. The Hall–Kier alpha value is -2.54. The van der Waals surface area contributed by atoms with E-state index in [1.54, 1.807) is 31.5 Å². The second-order valence-corrected chi connectivity index (χ2v) is 7.55. The van der Waals surface area contributed by atoms with Crippen molar-refractivity contribution in [2.24, 2.45) is 0 Å². The van der Waals surface area contributed by atoms with Crippen LogP contribution in [-0.2, 0) is 4.74 Å². The quantitative estimate of drug-likeness (QED) is 0.709. The van der Waals surface area contributed by atoms with Crippen LogP contribution in [-0.4, -0.2) is 27.0 Å². The number of hydrogen-bond acceptors (Lipinski definition) is 6. The van der Waals surface area contributed by atoms with E-state index in [0.29, 0.717) is 26.5 Å². The number of H-pyrrole nitrogens is 1. The molecule has 3 aromatic rings. The van der Waals surface area contributed by atoms with E-state index in [1.807, 2.05) is 0 Å². The number of nitrogens with one attached hydrogen (secondary N) is 1. The van der Waals surface area contributed by atoms with Crippen molar-refractivity contribution in [1.82, 2.24) is 15.0 Å². The molecule has 134 valence electrons. The topological polar surface area (TPSA) is 84.9 Å². The zero-order valence-corrected chi connectivity index (χ0v) is 15.3. The minimum absolute atomic E-state index is 0.0144. The van der Waals surface area contributed by atoms with Gasteiger partial charge in [-0.25, -0.2) is 9.78 Å². The molecule has 1 aliphatic rings. The molecule has 3 heterocycles. The lowest BCUT2D eigenvalue weighted by molar-refractivity contribution is 0.0216. The number of carbonyl (C=O) groups excluding carboxylic acids is 1. The van der Waals surface area contributed by atoms with E-state index in [0.717, 1.165) is 31.2 Å². The molecule has 1 saturated carbocycles. The summed E-state index contributed by atoms with van der Waals surface area (Å²) in [7, 11) is 0. The predicted molar refractivity (Wildman–Crippen MR) is 100 cm³/mol. The van der Waals surface area contributed by atoms with Crippen LogP contribution < -0.4 is 5.56 Å². The lowest BCUT2D eigenvalue weighted by Crippen LogP contribution is -2.20. The molecule has 0 amide bonds. The fourth-order valence-corrected chi connectivity index (χ4v) is 4.44. The van der Waals surface area contributed by atoms with E-state index < -0.39 is 0 Å². The van der Waals surface area contributed by atoms with Crippen LogP contribution in [0.15, 0.2) is 29.3 Å². The molecule has 7 heteroatoms. The number of esters is 1. The highest BCUT2D eigenvalue weighted by atomic mass is 32.1. The highest BCUT2D eigenvalue weighted by Crippen LogP contribution is 2.30. The van der Waals surface area contributed by atoms with Gasteiger partial charge in [0.1, 0.15) is 21.6 Å². The Balaban J connectivity index is 1.70. The van der Waals surface area contributed by atoms with Crippen LogP contribution in [0.1, 0.15) is 47.3 Å². The van der Waals surface area contributed by atoms with Gasteiger partial charge in [-0.3, -0.25) is 9.78 Å². The molecule has 0 saturated heterocycles. The Morgan fingerprint density at radius 3 is 2.69 bits per heavy atom. The maximum absolute atomic E-state index is 12.6. The Labute approximate surface area is 154 Å². The first-order chi connectivity index (χ1) is 12.6. The van der Waals surface area contributed by atoms with E-state index in [2.05, 4.69) is 15.0 Å². The lowest BCUT2D eigenvalue weighted by atomic mass is 9.98. The molecule has 6 nitrogen and oxygen atoms in total. The predicted octanol–water partition coefficient (Wildman–Crippen LogP) is 3.84. The summed E-state index contributed by atoms with van der Waals surface area (Å²) in [6.45, 7) is 1.78. The van der Waals surface area contributed by atoms with Gasteiger partial charge >= 0.3 is 5.97 Å². The maximum atomic E-state index is 12.6. The Morgan fingerprint density at radius 2 is 1.96 bits per heavy atom. The Bertz CT molecular complexity index is 1000. The molecule has 1 fully saturated rings. The van der Waals surface area contributed by atoms with Gasteiger partial charge in [-0.15, -0.1) is 11.3 Å². The highest BCUT2D eigenvalue weighted by molar-refractivity contribution is 7.20. The molecule has 4 rings (SSSR count). The van der Waals surface area contributed by atoms with Crippen molar-refractivity contribution < 1.29 is 9.53 Å². The van der Waals surface area contributed by atoms with Crippen molar-refractivity contribution in [2.45, 2.75) is 45.1 Å². The summed E-state index contributed by atoms with van der Waals surface area (Å²) in [6.07, 6.45) is 8.51. The second-order valence-electron chi connectivity index (χ2n) is 6.55. The molecule has 0 atom stereocenters. The fraction of sp³-hybridized carbons (Fsp3) is 0.368. The van der Waals surface area contributed by atoms with Gasteiger partial charge < -0.3 is 9.72 Å². The van der Waals surface area contributed by atoms with Gasteiger partial charge in [-0.05, 0) is 50.3 Å². The average molecular weight is 369 g/mol. The molecular weight excluding hydrogens is 350 g/mol. The number of nitrogens with zero attached hydrogens (tertiary/aromatic N) is 2. The number of aryl methyl sites for hydroxylation is 1. The third kappa shape index (κ3) is 3.14. The van der Waals surface area contributed by atoms with E-state index in [-0.39, 0.29) is 17.6 Å². The number of pyridine rings is 1. The monoisotopic (exact) mass is 369 g/mol. The molecule has 26 heavy (non-hydrogen) atoms. The van der Waals surface area contributed by atoms with Gasteiger partial charge in [-0.1, -0.05) is 6.42 Å². The van der Waals surface area contributed by atoms with Crippen LogP contribution in [0.5, 0.6) is 0 Å². The first kappa shape index (κ1) is 16.9. The van der Waals surface area contributed by atoms with Crippen LogP contribution in [0, 0.1) is 6.92 Å². The summed E-state index contributed by atoms with van der Waals surface area (Å²) >= 11 is 1.22. The van der Waals surface area contributed by atoms with Crippen molar-refractivity contribution in [2.75, 3.05) is 0 Å². The number of aromatic nitrogens is 3. The number of aromatic amines is 1. The van der Waals surface area contributed by atoms with E-state index in [1.165, 1.54) is 17.8 Å². The molecule has 0 aliphatic heterocycles. The molecular formula is C19H19N3O3S.